The third-order valence-electron chi connectivity index (χ3n) is 1.17. The van der Waals surface area contributed by atoms with Crippen molar-refractivity contribution >= 4 is 12.3 Å². The van der Waals surface area contributed by atoms with E-state index in [1.165, 1.54) is 0 Å². The molecular formula is C9H19N3O2. The molecule has 0 aliphatic heterocycles. The number of hydrazone groups is 1. The van der Waals surface area contributed by atoms with Crippen LogP contribution in [0.2, 0.25) is 0 Å². The van der Waals surface area contributed by atoms with Crippen LogP contribution in [-0.2, 0) is 4.74 Å². The van der Waals surface area contributed by atoms with Crippen LogP contribution in [-0.4, -0.2) is 31.0 Å². The Kier molecular flexibility index (Phi) is 4.97. The van der Waals surface area contributed by atoms with E-state index in [1.54, 1.807) is 13.3 Å². The molecular weight excluding hydrogens is 182 g/mol. The number of hydrogen-bond acceptors (Lipinski definition) is 4. The highest BCUT2D eigenvalue weighted by Gasteiger charge is 2.16. The molecule has 0 fully saturated rings. The van der Waals surface area contributed by atoms with E-state index in [0.717, 1.165) is 0 Å². The van der Waals surface area contributed by atoms with E-state index in [0.29, 0.717) is 0 Å². The van der Waals surface area contributed by atoms with Gasteiger partial charge in [0.05, 0.1) is 6.04 Å². The Morgan fingerprint density at radius 2 is 2.07 bits per heavy atom. The largest absolute Gasteiger partial charge is 0.444 e. The van der Waals surface area contributed by atoms with Gasteiger partial charge in [0.15, 0.2) is 0 Å². The zero-order chi connectivity index (χ0) is 11.2. The number of nitrogens with one attached hydrogen (secondary N) is 2. The molecule has 2 N–H and O–H groups in total. The van der Waals surface area contributed by atoms with Gasteiger partial charge >= 0.3 is 6.09 Å². The Morgan fingerprint density at radius 1 is 1.50 bits per heavy atom. The second kappa shape index (κ2) is 5.47. The molecule has 82 valence electrons. The molecule has 1 amide bonds. The summed E-state index contributed by atoms with van der Waals surface area (Å²) in [5.41, 5.74) is 2.13. The molecule has 0 saturated carbocycles. The second-order valence-electron chi connectivity index (χ2n) is 3.94. The highest BCUT2D eigenvalue weighted by molar-refractivity contribution is 5.74. The van der Waals surface area contributed by atoms with Gasteiger partial charge in [0.1, 0.15) is 5.60 Å². The SMILES string of the molecule is CNN=CC(C)NC(=O)OC(C)(C)C. The van der Waals surface area contributed by atoms with Crippen LogP contribution in [0.25, 0.3) is 0 Å². The molecule has 0 aromatic carbocycles. The van der Waals surface area contributed by atoms with Crippen molar-refractivity contribution in [1.82, 2.24) is 10.7 Å². The number of carbonyl (C=O) groups is 1. The predicted molar refractivity (Wildman–Crippen MR) is 56.4 cm³/mol. The van der Waals surface area contributed by atoms with Gasteiger partial charge in [-0.15, -0.1) is 0 Å². The summed E-state index contributed by atoms with van der Waals surface area (Å²) in [6.45, 7) is 7.27. The van der Waals surface area contributed by atoms with Crippen LogP contribution < -0.4 is 10.7 Å². The fourth-order valence-electron chi connectivity index (χ4n) is 0.717. The Morgan fingerprint density at radius 3 is 2.50 bits per heavy atom. The van der Waals surface area contributed by atoms with E-state index in [2.05, 4.69) is 15.8 Å². The zero-order valence-corrected chi connectivity index (χ0v) is 9.42. The van der Waals surface area contributed by atoms with Crippen molar-refractivity contribution in [2.24, 2.45) is 5.10 Å². The van der Waals surface area contributed by atoms with Crippen LogP contribution in [0, 0.1) is 0 Å². The van der Waals surface area contributed by atoms with Gasteiger partial charge in [-0.25, -0.2) is 4.79 Å². The summed E-state index contributed by atoms with van der Waals surface area (Å²) in [6.07, 6.45) is 1.15. The van der Waals surface area contributed by atoms with Gasteiger partial charge in [0.25, 0.3) is 0 Å². The van der Waals surface area contributed by atoms with Gasteiger partial charge in [0.2, 0.25) is 0 Å². The monoisotopic (exact) mass is 201 g/mol. The number of nitrogens with zero attached hydrogens (tertiary/aromatic N) is 1. The van der Waals surface area contributed by atoms with Gasteiger partial charge in [-0.1, -0.05) is 0 Å². The Hall–Kier alpha value is -1.26. The molecule has 0 aromatic heterocycles. The van der Waals surface area contributed by atoms with E-state index in [-0.39, 0.29) is 6.04 Å². The number of ether oxygens (including phenoxy) is 1. The first-order valence-corrected chi connectivity index (χ1v) is 4.54. The maximum Gasteiger partial charge on any atom is 0.408 e. The summed E-state index contributed by atoms with van der Waals surface area (Å²) in [5.74, 6) is 0. The van der Waals surface area contributed by atoms with Gasteiger partial charge in [0, 0.05) is 13.3 Å². The molecule has 0 bridgehead atoms. The van der Waals surface area contributed by atoms with Crippen LogP contribution >= 0.6 is 0 Å². The van der Waals surface area contributed by atoms with Gasteiger partial charge < -0.3 is 15.5 Å². The molecule has 0 aromatic rings. The first-order valence-electron chi connectivity index (χ1n) is 4.54. The summed E-state index contributed by atoms with van der Waals surface area (Å²) >= 11 is 0. The lowest BCUT2D eigenvalue weighted by Crippen LogP contribution is -2.38. The molecule has 0 spiro atoms. The van der Waals surface area contributed by atoms with Gasteiger partial charge in [-0.05, 0) is 27.7 Å². The molecule has 0 saturated heterocycles. The summed E-state index contributed by atoms with van der Waals surface area (Å²) in [4.78, 5) is 11.2. The second-order valence-corrected chi connectivity index (χ2v) is 3.94. The quantitative estimate of drug-likeness (QED) is 0.531. The van der Waals surface area contributed by atoms with Crippen molar-refractivity contribution in [3.8, 4) is 0 Å². The van der Waals surface area contributed by atoms with Crippen molar-refractivity contribution in [2.75, 3.05) is 7.05 Å². The third kappa shape index (κ3) is 7.39. The van der Waals surface area contributed by atoms with Crippen LogP contribution in [0.1, 0.15) is 27.7 Å². The minimum atomic E-state index is -0.468. The van der Waals surface area contributed by atoms with Crippen LogP contribution in [0.4, 0.5) is 4.79 Å². The molecule has 5 heteroatoms. The van der Waals surface area contributed by atoms with Gasteiger partial charge in [-0.2, -0.15) is 5.10 Å². The first-order chi connectivity index (χ1) is 6.35. The third-order valence-corrected chi connectivity index (χ3v) is 1.17. The average Bonchev–Trinajstić information content (AvgIpc) is 1.96. The molecule has 14 heavy (non-hydrogen) atoms. The highest BCUT2D eigenvalue weighted by atomic mass is 16.6. The predicted octanol–water partition coefficient (Wildman–Crippen LogP) is 1.10. The molecule has 1 atom stereocenters. The van der Waals surface area contributed by atoms with E-state index >= 15 is 0 Å². The van der Waals surface area contributed by atoms with Crippen molar-refractivity contribution < 1.29 is 9.53 Å². The standard InChI is InChI=1S/C9H19N3O2/c1-7(6-11-10-5)12-8(13)14-9(2,3)4/h6-7,10H,1-5H3,(H,12,13). The maximum absolute atomic E-state index is 11.2. The summed E-state index contributed by atoms with van der Waals surface area (Å²) in [5, 5.41) is 6.40. The topological polar surface area (TPSA) is 62.7 Å². The van der Waals surface area contributed by atoms with E-state index in [4.69, 9.17) is 4.74 Å². The smallest absolute Gasteiger partial charge is 0.408 e. The molecule has 5 nitrogen and oxygen atoms in total. The Labute approximate surface area is 84.9 Å². The number of carbonyl (C=O) groups excluding carboxylic acids is 1. The first kappa shape index (κ1) is 12.7. The molecule has 0 aliphatic carbocycles. The van der Waals surface area contributed by atoms with Crippen molar-refractivity contribution in [3.63, 3.8) is 0 Å². The fourth-order valence-corrected chi connectivity index (χ4v) is 0.717. The Bertz CT molecular complexity index is 209. The number of hydrogen-bond donors (Lipinski definition) is 2. The molecule has 1 unspecified atom stereocenters. The van der Waals surface area contributed by atoms with E-state index in [9.17, 15) is 4.79 Å². The zero-order valence-electron chi connectivity index (χ0n) is 9.42. The highest BCUT2D eigenvalue weighted by Crippen LogP contribution is 2.06. The number of alkyl carbamates (subject to hydrolysis) is 1. The summed E-state index contributed by atoms with van der Waals surface area (Å²) in [7, 11) is 1.69. The summed E-state index contributed by atoms with van der Waals surface area (Å²) in [6, 6.07) is -0.155. The molecule has 0 aliphatic rings. The van der Waals surface area contributed by atoms with Crippen LogP contribution in [0.5, 0.6) is 0 Å². The minimum absolute atomic E-state index is 0.155. The number of rotatable bonds is 3. The lowest BCUT2D eigenvalue weighted by atomic mass is 10.2. The molecule has 0 heterocycles. The lowest BCUT2D eigenvalue weighted by molar-refractivity contribution is 0.0522. The van der Waals surface area contributed by atoms with Gasteiger partial charge in [-0.3, -0.25) is 0 Å². The molecule has 0 radical (unpaired) electrons. The summed E-state index contributed by atoms with van der Waals surface area (Å²) < 4.78 is 5.06. The van der Waals surface area contributed by atoms with Crippen molar-refractivity contribution in [1.29, 1.82) is 0 Å². The normalized spacial score (nSPS) is 13.8. The van der Waals surface area contributed by atoms with Crippen LogP contribution in [0.15, 0.2) is 5.10 Å². The minimum Gasteiger partial charge on any atom is -0.444 e. The maximum atomic E-state index is 11.2. The average molecular weight is 201 g/mol. The number of amides is 1. The molecule has 0 rings (SSSR count). The van der Waals surface area contributed by atoms with Crippen LogP contribution in [0.3, 0.4) is 0 Å². The van der Waals surface area contributed by atoms with Crippen molar-refractivity contribution in [3.05, 3.63) is 0 Å². The van der Waals surface area contributed by atoms with E-state index in [1.807, 2.05) is 27.7 Å². The Balaban J connectivity index is 3.89. The lowest BCUT2D eigenvalue weighted by Gasteiger charge is -2.20. The van der Waals surface area contributed by atoms with Crippen molar-refractivity contribution in [2.45, 2.75) is 39.3 Å². The van der Waals surface area contributed by atoms with E-state index < -0.39 is 11.7 Å². The fraction of sp³-hybridized carbons (Fsp3) is 0.778.